The molecule has 0 bridgehead atoms. The van der Waals surface area contributed by atoms with Crippen molar-refractivity contribution in [2.24, 2.45) is 0 Å². The molecule has 1 aliphatic rings. The van der Waals surface area contributed by atoms with Gasteiger partial charge in [-0.3, -0.25) is 0 Å². The van der Waals surface area contributed by atoms with E-state index in [-0.39, 0.29) is 30.5 Å². The third-order valence-corrected chi connectivity index (χ3v) is 6.57. The fourth-order valence-electron chi connectivity index (χ4n) is 4.63. The number of hydrogen-bond acceptors (Lipinski definition) is 7. The van der Waals surface area contributed by atoms with Crippen molar-refractivity contribution >= 4 is 11.9 Å². The van der Waals surface area contributed by atoms with Gasteiger partial charge in [-0.15, -0.1) is 0 Å². The summed E-state index contributed by atoms with van der Waals surface area (Å²) in [7, 11) is 0. The highest BCUT2D eigenvalue weighted by atomic mass is 16.5. The van der Waals surface area contributed by atoms with Crippen LogP contribution in [-0.2, 0) is 4.74 Å². The van der Waals surface area contributed by atoms with Crippen LogP contribution in [0.25, 0.3) is 16.8 Å². The molecule has 2 atom stereocenters. The predicted molar refractivity (Wildman–Crippen MR) is 137 cm³/mol. The molecule has 3 aromatic carbocycles. The number of aliphatic hydroxyl groups excluding tert-OH is 2. The Morgan fingerprint density at radius 1 is 1.05 bits per heavy atom. The SMILES string of the molecule is N#Cc1cnn(-c2ccc(C(O)C(O)CNC(=O)OCC3c4ccccc4-c4ccccc43)cc2)c1N. The average Bonchev–Trinajstić information content (AvgIpc) is 3.47. The topological polar surface area (TPSA) is 146 Å². The maximum absolute atomic E-state index is 12.4. The monoisotopic (exact) mass is 495 g/mol. The van der Waals surface area contributed by atoms with Crippen LogP contribution in [0.5, 0.6) is 0 Å². The number of nitrogens with zero attached hydrogens (tertiary/aromatic N) is 3. The number of carbonyl (C=O) groups excluding carboxylic acids is 1. The van der Waals surface area contributed by atoms with Gasteiger partial charge in [0.05, 0.1) is 11.9 Å². The molecule has 1 aromatic heterocycles. The number of benzene rings is 3. The lowest BCUT2D eigenvalue weighted by Crippen LogP contribution is -2.36. The van der Waals surface area contributed by atoms with Crippen LogP contribution in [0, 0.1) is 11.3 Å². The first-order chi connectivity index (χ1) is 18.0. The normalized spacial score (nSPS) is 13.8. The van der Waals surface area contributed by atoms with Gasteiger partial charge in [-0.2, -0.15) is 10.4 Å². The summed E-state index contributed by atoms with van der Waals surface area (Å²) in [5.74, 6) is 0.142. The molecule has 1 amide bonds. The van der Waals surface area contributed by atoms with Crippen molar-refractivity contribution in [2.75, 3.05) is 18.9 Å². The first-order valence-electron chi connectivity index (χ1n) is 11.8. The minimum absolute atomic E-state index is 0.0692. The van der Waals surface area contributed by atoms with Crippen molar-refractivity contribution in [2.45, 2.75) is 18.1 Å². The highest BCUT2D eigenvalue weighted by Gasteiger charge is 2.29. The first kappa shape index (κ1) is 24.1. The maximum Gasteiger partial charge on any atom is 0.407 e. The van der Waals surface area contributed by atoms with E-state index in [0.717, 1.165) is 22.3 Å². The Morgan fingerprint density at radius 3 is 2.27 bits per heavy atom. The zero-order valence-corrected chi connectivity index (χ0v) is 19.8. The molecule has 2 unspecified atom stereocenters. The van der Waals surface area contributed by atoms with Crippen molar-refractivity contribution < 1.29 is 19.7 Å². The summed E-state index contributed by atoms with van der Waals surface area (Å²) < 4.78 is 6.88. The van der Waals surface area contributed by atoms with Gasteiger partial charge in [-0.25, -0.2) is 9.48 Å². The zero-order chi connectivity index (χ0) is 25.9. The molecule has 4 aromatic rings. The highest BCUT2D eigenvalue weighted by molar-refractivity contribution is 5.79. The van der Waals surface area contributed by atoms with Crippen LogP contribution in [0.3, 0.4) is 0 Å². The molecule has 1 aliphatic carbocycles. The number of alkyl carbamates (subject to hydrolysis) is 1. The number of nitrogens with two attached hydrogens (primary N) is 1. The number of nitrogens with one attached hydrogen (secondary N) is 1. The number of ether oxygens (including phenoxy) is 1. The molecule has 0 fully saturated rings. The quantitative estimate of drug-likeness (QED) is 0.308. The smallest absolute Gasteiger partial charge is 0.407 e. The van der Waals surface area contributed by atoms with Crippen LogP contribution in [0.15, 0.2) is 79.0 Å². The van der Waals surface area contributed by atoms with Crippen LogP contribution < -0.4 is 11.1 Å². The molecule has 37 heavy (non-hydrogen) atoms. The number of amides is 1. The molecule has 1 heterocycles. The van der Waals surface area contributed by atoms with Gasteiger partial charge in [-0.1, -0.05) is 60.7 Å². The second-order valence-corrected chi connectivity index (χ2v) is 8.78. The Balaban J connectivity index is 1.16. The number of aliphatic hydroxyl groups is 2. The molecular weight excluding hydrogens is 470 g/mol. The van der Waals surface area contributed by atoms with Gasteiger partial charge in [0.25, 0.3) is 0 Å². The van der Waals surface area contributed by atoms with Gasteiger partial charge in [0.2, 0.25) is 0 Å². The summed E-state index contributed by atoms with van der Waals surface area (Å²) >= 11 is 0. The second-order valence-electron chi connectivity index (χ2n) is 8.78. The van der Waals surface area contributed by atoms with E-state index in [2.05, 4.69) is 22.5 Å². The average molecular weight is 496 g/mol. The van der Waals surface area contributed by atoms with E-state index in [1.54, 1.807) is 24.3 Å². The highest BCUT2D eigenvalue weighted by Crippen LogP contribution is 2.44. The summed E-state index contributed by atoms with van der Waals surface area (Å²) in [4.78, 5) is 12.4. The fourth-order valence-corrected chi connectivity index (χ4v) is 4.63. The summed E-state index contributed by atoms with van der Waals surface area (Å²) in [6.45, 7) is -0.0404. The van der Waals surface area contributed by atoms with Crippen molar-refractivity contribution in [3.63, 3.8) is 0 Å². The largest absolute Gasteiger partial charge is 0.449 e. The van der Waals surface area contributed by atoms with Crippen LogP contribution in [0.4, 0.5) is 10.6 Å². The Kier molecular flexibility index (Phi) is 6.60. The lowest BCUT2D eigenvalue weighted by atomic mass is 9.98. The standard InChI is InChI=1S/C28H25N5O4/c29-13-18-14-32-33(27(18)30)19-11-9-17(10-12-19)26(35)25(34)15-31-28(36)37-16-24-22-7-3-1-5-20(22)21-6-2-4-8-23(21)24/h1-12,14,24-26,34-35H,15-16,30H2,(H,31,36). The number of nitrogen functional groups attached to an aromatic ring is 1. The molecule has 186 valence electrons. The lowest BCUT2D eigenvalue weighted by molar-refractivity contribution is 0.0185. The zero-order valence-electron chi connectivity index (χ0n) is 19.8. The van der Waals surface area contributed by atoms with E-state index in [0.29, 0.717) is 11.3 Å². The molecule has 0 radical (unpaired) electrons. The maximum atomic E-state index is 12.4. The third-order valence-electron chi connectivity index (χ3n) is 6.57. The van der Waals surface area contributed by atoms with E-state index in [4.69, 9.17) is 15.7 Å². The number of anilines is 1. The van der Waals surface area contributed by atoms with E-state index >= 15 is 0 Å². The van der Waals surface area contributed by atoms with Crippen LogP contribution in [-0.4, -0.2) is 45.3 Å². The Hall–Kier alpha value is -4.65. The number of nitriles is 1. The van der Waals surface area contributed by atoms with Crippen molar-refractivity contribution in [1.29, 1.82) is 5.26 Å². The number of hydrogen-bond donors (Lipinski definition) is 4. The van der Waals surface area contributed by atoms with Crippen LogP contribution in [0.2, 0.25) is 0 Å². The second kappa shape index (κ2) is 10.1. The predicted octanol–water partition coefficient (Wildman–Crippen LogP) is 3.26. The van der Waals surface area contributed by atoms with Crippen molar-refractivity contribution in [3.8, 4) is 22.9 Å². The molecule has 0 spiro atoms. The summed E-state index contributed by atoms with van der Waals surface area (Å²) in [6, 6.07) is 24.6. The number of rotatable bonds is 7. The van der Waals surface area contributed by atoms with Crippen LogP contribution >= 0.6 is 0 Å². The molecule has 9 heteroatoms. The lowest BCUT2D eigenvalue weighted by Gasteiger charge is -2.19. The van der Waals surface area contributed by atoms with Crippen molar-refractivity contribution in [3.05, 3.63) is 101 Å². The Morgan fingerprint density at radius 2 is 1.68 bits per heavy atom. The number of aromatic nitrogens is 2. The molecular formula is C28H25N5O4. The van der Waals surface area contributed by atoms with Gasteiger partial charge in [0.1, 0.15) is 36.3 Å². The molecule has 5 rings (SSSR count). The van der Waals surface area contributed by atoms with E-state index in [9.17, 15) is 15.0 Å². The van der Waals surface area contributed by atoms with Gasteiger partial charge in [0.15, 0.2) is 0 Å². The van der Waals surface area contributed by atoms with Crippen LogP contribution in [0.1, 0.15) is 34.3 Å². The minimum Gasteiger partial charge on any atom is -0.449 e. The van der Waals surface area contributed by atoms with Gasteiger partial charge in [0, 0.05) is 12.5 Å². The fraction of sp³-hybridized carbons (Fsp3) is 0.179. The molecule has 0 saturated heterocycles. The molecule has 9 nitrogen and oxygen atoms in total. The number of carbonyl (C=O) groups is 1. The van der Waals surface area contributed by atoms with E-state index < -0.39 is 18.3 Å². The third kappa shape index (κ3) is 4.63. The molecule has 0 aliphatic heterocycles. The Labute approximate surface area is 213 Å². The van der Waals surface area contributed by atoms with E-state index in [1.165, 1.54) is 10.9 Å². The van der Waals surface area contributed by atoms with Gasteiger partial charge < -0.3 is 26.0 Å². The summed E-state index contributed by atoms with van der Waals surface area (Å²) in [5, 5.41) is 36.6. The summed E-state index contributed by atoms with van der Waals surface area (Å²) in [5.41, 5.74) is 11.7. The van der Waals surface area contributed by atoms with Crippen molar-refractivity contribution in [1.82, 2.24) is 15.1 Å². The molecule has 0 saturated carbocycles. The first-order valence-corrected chi connectivity index (χ1v) is 11.8. The minimum atomic E-state index is -1.26. The summed E-state index contributed by atoms with van der Waals surface area (Å²) in [6.07, 6.45) is -1.80. The van der Waals surface area contributed by atoms with E-state index in [1.807, 2.05) is 42.5 Å². The Bertz CT molecular complexity index is 1430. The van der Waals surface area contributed by atoms with Gasteiger partial charge >= 0.3 is 6.09 Å². The van der Waals surface area contributed by atoms with Gasteiger partial charge in [-0.05, 0) is 39.9 Å². The number of fused-ring (bicyclic) bond motifs is 3. The molecule has 5 N–H and O–H groups in total.